The molecule has 0 fully saturated rings. The summed E-state index contributed by atoms with van der Waals surface area (Å²) in [5, 5.41) is 2.67. The number of hydrogen-bond acceptors (Lipinski definition) is 0. The first kappa shape index (κ1) is 11.7. The van der Waals surface area contributed by atoms with Gasteiger partial charge in [0, 0.05) is 5.41 Å². The Hall–Kier alpha value is -2.08. The Bertz CT molecular complexity index is 838. The van der Waals surface area contributed by atoms with Crippen LogP contribution in [-0.4, -0.2) is 0 Å². The molecule has 0 N–H and O–H groups in total. The summed E-state index contributed by atoms with van der Waals surface area (Å²) in [6, 6.07) is 20.2. The highest BCUT2D eigenvalue weighted by atomic mass is 14.4. The molecule has 0 heteroatoms. The van der Waals surface area contributed by atoms with E-state index in [1.165, 1.54) is 38.6 Å². The molecule has 0 radical (unpaired) electrons. The van der Waals surface area contributed by atoms with E-state index in [0.717, 1.165) is 0 Å². The highest BCUT2D eigenvalue weighted by Crippen LogP contribution is 2.49. The molecule has 0 saturated heterocycles. The normalized spacial score (nSPS) is 15.2. The maximum atomic E-state index is 2.38. The van der Waals surface area contributed by atoms with E-state index in [1.807, 2.05) is 0 Å². The topological polar surface area (TPSA) is 0 Å². The minimum absolute atomic E-state index is 0.0979. The molecule has 1 aliphatic rings. The summed E-state index contributed by atoms with van der Waals surface area (Å²) in [6.45, 7) is 6.85. The third-order valence-corrected chi connectivity index (χ3v) is 4.70. The fourth-order valence-corrected chi connectivity index (χ4v) is 3.54. The average molecular weight is 258 g/mol. The number of hydrogen-bond donors (Lipinski definition) is 0. The molecule has 0 atom stereocenters. The van der Waals surface area contributed by atoms with Crippen molar-refractivity contribution in [3.8, 4) is 11.1 Å². The van der Waals surface area contributed by atoms with Crippen molar-refractivity contribution < 1.29 is 0 Å². The van der Waals surface area contributed by atoms with Crippen molar-refractivity contribution in [3.05, 3.63) is 71.3 Å². The van der Waals surface area contributed by atoms with E-state index in [1.54, 1.807) is 0 Å². The van der Waals surface area contributed by atoms with Crippen molar-refractivity contribution in [2.24, 2.45) is 0 Å². The minimum Gasteiger partial charge on any atom is -0.0616 e. The summed E-state index contributed by atoms with van der Waals surface area (Å²) in [6.07, 6.45) is 0. The number of benzene rings is 3. The first-order valence-electron chi connectivity index (χ1n) is 7.22. The number of fused-ring (bicyclic) bond motifs is 4. The van der Waals surface area contributed by atoms with E-state index in [-0.39, 0.29) is 5.41 Å². The molecule has 4 rings (SSSR count). The summed E-state index contributed by atoms with van der Waals surface area (Å²) in [7, 11) is 0. The van der Waals surface area contributed by atoms with Gasteiger partial charge in [0.15, 0.2) is 0 Å². The van der Waals surface area contributed by atoms with Crippen LogP contribution < -0.4 is 0 Å². The molecular weight excluding hydrogens is 240 g/mol. The Balaban J connectivity index is 2.12. The van der Waals surface area contributed by atoms with Gasteiger partial charge in [-0.25, -0.2) is 0 Å². The van der Waals surface area contributed by atoms with Crippen LogP contribution in [0.5, 0.6) is 0 Å². The van der Waals surface area contributed by atoms with Crippen LogP contribution in [0.4, 0.5) is 0 Å². The van der Waals surface area contributed by atoms with Crippen LogP contribution in [0.2, 0.25) is 0 Å². The predicted molar refractivity (Wildman–Crippen MR) is 86.2 cm³/mol. The lowest BCUT2D eigenvalue weighted by Gasteiger charge is -2.22. The average Bonchev–Trinajstić information content (AvgIpc) is 2.65. The molecule has 0 unspecified atom stereocenters. The van der Waals surface area contributed by atoms with Gasteiger partial charge in [0.1, 0.15) is 0 Å². The summed E-state index contributed by atoms with van der Waals surface area (Å²) in [5.41, 5.74) is 7.17. The second kappa shape index (κ2) is 3.73. The molecule has 20 heavy (non-hydrogen) atoms. The lowest BCUT2D eigenvalue weighted by molar-refractivity contribution is 0.660. The zero-order chi connectivity index (χ0) is 13.9. The molecule has 0 bridgehead atoms. The zero-order valence-corrected chi connectivity index (χ0v) is 12.2. The highest BCUT2D eigenvalue weighted by Gasteiger charge is 2.35. The molecule has 0 aliphatic heterocycles. The third-order valence-electron chi connectivity index (χ3n) is 4.70. The zero-order valence-electron chi connectivity index (χ0n) is 12.2. The first-order chi connectivity index (χ1) is 9.57. The van der Waals surface area contributed by atoms with Crippen LogP contribution in [-0.2, 0) is 5.41 Å². The maximum absolute atomic E-state index is 2.38. The highest BCUT2D eigenvalue weighted by molar-refractivity contribution is 5.93. The van der Waals surface area contributed by atoms with Crippen molar-refractivity contribution in [1.29, 1.82) is 0 Å². The molecule has 0 amide bonds. The SMILES string of the molecule is Cc1ccc2c(c1)C(C)(C)c1cc3ccccc3cc1-2. The minimum atomic E-state index is 0.0979. The van der Waals surface area contributed by atoms with Crippen molar-refractivity contribution in [1.82, 2.24) is 0 Å². The van der Waals surface area contributed by atoms with Gasteiger partial charge in [-0.2, -0.15) is 0 Å². The standard InChI is InChI=1S/C20H18/c1-13-8-9-16-17-11-14-6-4-5-7-15(14)12-19(17)20(2,3)18(16)10-13/h4-12H,1-3H3. The van der Waals surface area contributed by atoms with Crippen molar-refractivity contribution in [2.45, 2.75) is 26.2 Å². The Morgan fingerprint density at radius 3 is 2.10 bits per heavy atom. The fourth-order valence-electron chi connectivity index (χ4n) is 3.54. The second-order valence-electron chi connectivity index (χ2n) is 6.42. The number of aryl methyl sites for hydroxylation is 1. The van der Waals surface area contributed by atoms with Gasteiger partial charge in [-0.1, -0.05) is 61.9 Å². The van der Waals surface area contributed by atoms with Crippen molar-refractivity contribution in [2.75, 3.05) is 0 Å². The molecule has 0 saturated carbocycles. The van der Waals surface area contributed by atoms with E-state index in [2.05, 4.69) is 75.4 Å². The quantitative estimate of drug-likeness (QED) is 0.502. The second-order valence-corrected chi connectivity index (χ2v) is 6.42. The van der Waals surface area contributed by atoms with Gasteiger partial charge in [-0.15, -0.1) is 0 Å². The largest absolute Gasteiger partial charge is 0.0616 e. The predicted octanol–water partition coefficient (Wildman–Crippen LogP) is 5.45. The monoisotopic (exact) mass is 258 g/mol. The van der Waals surface area contributed by atoms with E-state index >= 15 is 0 Å². The fraction of sp³-hybridized carbons (Fsp3) is 0.200. The van der Waals surface area contributed by atoms with Gasteiger partial charge >= 0.3 is 0 Å². The van der Waals surface area contributed by atoms with Gasteiger partial charge in [-0.3, -0.25) is 0 Å². The van der Waals surface area contributed by atoms with Gasteiger partial charge < -0.3 is 0 Å². The van der Waals surface area contributed by atoms with Gasteiger partial charge in [-0.05, 0) is 52.1 Å². The molecule has 3 aromatic rings. The molecule has 0 nitrogen and oxygen atoms in total. The smallest absolute Gasteiger partial charge is 0.0159 e. The molecule has 3 aromatic carbocycles. The van der Waals surface area contributed by atoms with Crippen LogP contribution in [0.25, 0.3) is 21.9 Å². The van der Waals surface area contributed by atoms with Crippen LogP contribution in [0.15, 0.2) is 54.6 Å². The molecular formula is C20H18. The summed E-state index contributed by atoms with van der Waals surface area (Å²) in [5.74, 6) is 0. The summed E-state index contributed by atoms with van der Waals surface area (Å²) < 4.78 is 0. The summed E-state index contributed by atoms with van der Waals surface area (Å²) >= 11 is 0. The van der Waals surface area contributed by atoms with E-state index < -0.39 is 0 Å². The Morgan fingerprint density at radius 2 is 1.35 bits per heavy atom. The Labute approximate surface area is 120 Å². The number of rotatable bonds is 0. The van der Waals surface area contributed by atoms with Gasteiger partial charge in [0.25, 0.3) is 0 Å². The van der Waals surface area contributed by atoms with Crippen molar-refractivity contribution in [3.63, 3.8) is 0 Å². The molecule has 98 valence electrons. The lowest BCUT2D eigenvalue weighted by atomic mass is 9.81. The maximum Gasteiger partial charge on any atom is 0.0159 e. The van der Waals surface area contributed by atoms with Gasteiger partial charge in [0.2, 0.25) is 0 Å². The van der Waals surface area contributed by atoms with E-state index in [0.29, 0.717) is 0 Å². The van der Waals surface area contributed by atoms with E-state index in [4.69, 9.17) is 0 Å². The molecule has 0 aromatic heterocycles. The first-order valence-corrected chi connectivity index (χ1v) is 7.22. The third kappa shape index (κ3) is 1.42. The van der Waals surface area contributed by atoms with Crippen LogP contribution in [0.3, 0.4) is 0 Å². The van der Waals surface area contributed by atoms with E-state index in [9.17, 15) is 0 Å². The Kier molecular flexibility index (Phi) is 2.18. The van der Waals surface area contributed by atoms with Crippen LogP contribution in [0.1, 0.15) is 30.5 Å². The van der Waals surface area contributed by atoms with Crippen molar-refractivity contribution >= 4 is 10.8 Å². The van der Waals surface area contributed by atoms with Crippen LogP contribution in [0, 0.1) is 6.92 Å². The van der Waals surface area contributed by atoms with Gasteiger partial charge in [0.05, 0.1) is 0 Å². The lowest BCUT2D eigenvalue weighted by Crippen LogP contribution is -2.15. The molecule has 0 spiro atoms. The molecule has 0 heterocycles. The molecule has 1 aliphatic carbocycles. The summed E-state index contributed by atoms with van der Waals surface area (Å²) in [4.78, 5) is 0. The van der Waals surface area contributed by atoms with Crippen LogP contribution >= 0.6 is 0 Å². The Morgan fingerprint density at radius 1 is 0.700 bits per heavy atom.